The summed E-state index contributed by atoms with van der Waals surface area (Å²) in [5.41, 5.74) is -3.53. The Morgan fingerprint density at radius 1 is 0.197 bits per heavy atom. The minimum Gasteiger partial charge on any atom is -0.178 e. The highest BCUT2D eigenvalue weighted by Crippen LogP contribution is 3.05. The minimum atomic E-state index is -3.53. The molecule has 0 aromatic rings. The Hall–Kier alpha value is 4.34. The lowest BCUT2D eigenvalue weighted by molar-refractivity contribution is 0.550. The van der Waals surface area contributed by atoms with Gasteiger partial charge >= 0.3 is 0 Å². The first-order valence-electron chi connectivity index (χ1n) is 25.9. The van der Waals surface area contributed by atoms with Gasteiger partial charge in [-0.2, -0.15) is 66.5 Å². The summed E-state index contributed by atoms with van der Waals surface area (Å²) in [6.07, 6.45) is -9.74. The van der Waals surface area contributed by atoms with Gasteiger partial charge in [-0.05, 0) is 60.5 Å². The average molecular weight is 1240 g/mol. The van der Waals surface area contributed by atoms with Crippen LogP contribution >= 0.6 is 66.5 Å². The molecule has 390 valence electrons. The van der Waals surface area contributed by atoms with Crippen molar-refractivity contribution in [3.63, 3.8) is 0 Å². The van der Waals surface area contributed by atoms with Gasteiger partial charge in [-0.25, -0.2) is 0 Å². The Morgan fingerprint density at radius 3 is 0.545 bits per heavy atom. The molecule has 7 unspecified atom stereocenters. The maximum atomic E-state index is 10.7. The maximum absolute atomic E-state index is 10.7. The Bertz CT molecular complexity index is 1870. The van der Waals surface area contributed by atoms with Crippen LogP contribution in [0.1, 0.15) is 249 Å². The first-order chi connectivity index (χ1) is 27.8. The lowest BCUT2D eigenvalue weighted by atomic mass is 10.2. The third-order valence-corrected chi connectivity index (χ3v) is 574. The van der Waals surface area contributed by atoms with Crippen molar-refractivity contribution in [2.45, 2.75) is 310 Å². The molecule has 0 N–H and O–H groups in total. The fourth-order valence-corrected chi connectivity index (χ4v) is 1590. The monoisotopic (exact) mass is 1230 g/mol. The van der Waals surface area contributed by atoms with Crippen LogP contribution in [-0.2, 0) is 0 Å². The summed E-state index contributed by atoms with van der Waals surface area (Å²) in [5, 5.41) is -0.713. The molecule has 6 bridgehead atoms. The lowest BCUT2D eigenvalue weighted by Crippen LogP contribution is -3.33. The van der Waals surface area contributed by atoms with Crippen molar-refractivity contribution in [3.05, 3.63) is 0 Å². The Labute approximate surface area is 449 Å². The van der Waals surface area contributed by atoms with Crippen molar-refractivity contribution in [2.24, 2.45) is 0 Å². The van der Waals surface area contributed by atoms with Crippen LogP contribution in [0.3, 0.4) is 0 Å². The molecule has 0 saturated carbocycles. The molecule has 0 amide bonds. The van der Waals surface area contributed by atoms with Crippen molar-refractivity contribution >= 4 is 145 Å². The summed E-state index contributed by atoms with van der Waals surface area (Å²) in [4.78, 5) is 0. The van der Waals surface area contributed by atoms with E-state index >= 15 is 0 Å². The van der Waals surface area contributed by atoms with Crippen molar-refractivity contribution in [1.82, 2.24) is 0 Å². The molecular formula is C48H108Cl6Si12. The van der Waals surface area contributed by atoms with Gasteiger partial charge < -0.3 is 0 Å². The predicted octanol–water partition coefficient (Wildman–Crippen LogP) is 20.6. The van der Waals surface area contributed by atoms with Crippen molar-refractivity contribution in [2.75, 3.05) is 0 Å². The molecule has 0 nitrogen and oxygen atoms in total. The number of halogens is 6. The van der Waals surface area contributed by atoms with Gasteiger partial charge in [-0.15, -0.1) is 0 Å². The Balaban J connectivity index is 3.06. The summed E-state index contributed by atoms with van der Waals surface area (Å²) in [6, 6.07) is 0. The summed E-state index contributed by atoms with van der Waals surface area (Å²) in [7, 11) is -11.9. The number of hydrogen-bond donors (Lipinski definition) is 0. The first kappa shape index (κ1) is 62.9. The van der Waals surface area contributed by atoms with E-state index in [0.717, 1.165) is 0 Å². The van der Waals surface area contributed by atoms with Crippen molar-refractivity contribution in [1.29, 1.82) is 0 Å². The van der Waals surface area contributed by atoms with Crippen LogP contribution in [-0.4, -0.2) is 78.3 Å². The van der Waals surface area contributed by atoms with E-state index in [0.29, 0.717) is 0 Å². The second-order valence-corrected chi connectivity index (χ2v) is 210. The zero-order valence-corrected chi connectivity index (χ0v) is 66.8. The van der Waals surface area contributed by atoms with E-state index in [2.05, 4.69) is 249 Å². The highest BCUT2D eigenvalue weighted by Gasteiger charge is 3.38. The largest absolute Gasteiger partial charge is 0.232 e. The van der Waals surface area contributed by atoms with Crippen LogP contribution in [0, 0.1) is 0 Å². The zero-order chi connectivity index (χ0) is 54.0. The molecule has 66 heavy (non-hydrogen) atoms. The molecule has 5 fully saturated rings. The van der Waals surface area contributed by atoms with E-state index in [9.17, 15) is 66.5 Å². The molecule has 0 aliphatic carbocycles. The van der Waals surface area contributed by atoms with Gasteiger partial charge in [-0.1, -0.05) is 249 Å². The van der Waals surface area contributed by atoms with E-state index in [1.165, 1.54) is 0 Å². The molecule has 0 aromatic carbocycles. The lowest BCUT2D eigenvalue weighted by Gasteiger charge is -2.98. The minimum absolute atomic E-state index is 0.0425. The molecule has 18 heteroatoms. The van der Waals surface area contributed by atoms with Gasteiger partial charge in [0.05, 0.1) is 48.8 Å². The molecule has 0 radical (unpaired) electrons. The van der Waals surface area contributed by atoms with E-state index in [4.69, 9.17) is 0 Å². The predicted molar refractivity (Wildman–Crippen MR) is 341 cm³/mol. The van der Waals surface area contributed by atoms with Gasteiger partial charge in [-0.3, -0.25) is 0 Å². The third-order valence-electron chi connectivity index (χ3n) is 21.2. The quantitative estimate of drug-likeness (QED) is 0.194. The van der Waals surface area contributed by atoms with Crippen molar-refractivity contribution < 1.29 is 0 Å². The van der Waals surface area contributed by atoms with E-state index < -0.39 is 78.3 Å². The molecular weight excluding hydrogens is 1130 g/mol. The Morgan fingerprint density at radius 2 is 0.364 bits per heavy atom. The van der Waals surface area contributed by atoms with Crippen LogP contribution in [0.4, 0.5) is 0 Å². The summed E-state index contributed by atoms with van der Waals surface area (Å²) in [5.74, 6) is -13.6. The SMILES string of the molecule is CC(C)(C)[Si](C(C)(C)C)(C(C)(C)C)[Si]1(Cl)[Si]2(Cl)[Si]3(Cl)[Si]1([Si](C(C)(C)C)(C(C)(C)C)C(C)(C)C)[Si]1(Cl)[Si](Cl)(Cl)[Si]3([Si](C(C)(C)C)(C(C)(C)C)C(C)(C)C)[Si]21[Si](C(C)(C)C)(C(C)(C)C)C(C)(C)C. The standard InChI is InChI=1S/C48H108Cl6Si12/c1-37(2,3)55(38(4,5)6,39(7,8)9)60(51)62(53)63(54)64(56(40(10,11)12,41(13,14)15)42(16,17)18)59(49,50)61(52,65(60,63)57(43(19,20)21,44(22,23)24)45(25,26)27)66(62,64)58(46(28,29)30,47(31,32)33)48(34,35)36/h1-36H3. The second-order valence-electron chi connectivity index (χ2n) is 35.5. The van der Waals surface area contributed by atoms with Gasteiger partial charge in [0.15, 0.2) is 5.94 Å². The van der Waals surface area contributed by atoms with E-state index in [-0.39, 0.29) is 60.5 Å². The molecule has 5 aliphatic heterocycles. The molecule has 5 aliphatic rings. The van der Waals surface area contributed by atoms with E-state index in [1.54, 1.807) is 0 Å². The Kier molecular flexibility index (Phi) is 14.0. The average Bonchev–Trinajstić information content (AvgIpc) is 3.22. The van der Waals surface area contributed by atoms with Crippen LogP contribution in [0.25, 0.3) is 0 Å². The van der Waals surface area contributed by atoms with Crippen LogP contribution in [0.15, 0.2) is 0 Å². The van der Waals surface area contributed by atoms with Crippen LogP contribution in [0.5, 0.6) is 0 Å². The van der Waals surface area contributed by atoms with Gasteiger partial charge in [0.25, 0.3) is 0 Å². The zero-order valence-electron chi connectivity index (χ0n) is 50.3. The third kappa shape index (κ3) is 5.07. The second kappa shape index (κ2) is 14.7. The molecule has 7 atom stereocenters. The molecule has 5 rings (SSSR count). The van der Waals surface area contributed by atoms with Crippen LogP contribution < -0.4 is 0 Å². The highest BCUT2D eigenvalue weighted by molar-refractivity contribution is 8.97. The highest BCUT2D eigenvalue weighted by atomic mass is 35.7. The summed E-state index contributed by atoms with van der Waals surface area (Å²) in [6.45, 7) is 97.2. The van der Waals surface area contributed by atoms with Crippen molar-refractivity contribution in [3.8, 4) is 0 Å². The molecule has 5 heterocycles. The molecule has 5 saturated heterocycles. The summed E-state index contributed by atoms with van der Waals surface area (Å²) < 4.78 is 0. The summed E-state index contributed by atoms with van der Waals surface area (Å²) >= 11 is 62.2. The topological polar surface area (TPSA) is 0 Å². The van der Waals surface area contributed by atoms with E-state index in [1.807, 2.05) is 0 Å². The van der Waals surface area contributed by atoms with Crippen LogP contribution in [0.2, 0.25) is 60.5 Å². The van der Waals surface area contributed by atoms with Gasteiger partial charge in [0.2, 0.25) is 5.73 Å². The first-order valence-corrected chi connectivity index (χ1v) is 71.0. The molecule has 0 aromatic heterocycles. The smallest absolute Gasteiger partial charge is 0.178 e. The fourth-order valence-electron chi connectivity index (χ4n) is 27.8. The normalized spacial score (nSPS) is 35.4. The number of hydrogen-bond acceptors (Lipinski definition) is 0. The van der Waals surface area contributed by atoms with Gasteiger partial charge in [0, 0.05) is 0 Å². The molecule has 0 spiro atoms. The fraction of sp³-hybridized carbons (Fsp3) is 1.00. The van der Waals surface area contributed by atoms with Gasteiger partial charge in [0.1, 0.15) is 17.8 Å². The number of rotatable bonds is 4. The maximum Gasteiger partial charge on any atom is 0.232 e.